The van der Waals surface area contributed by atoms with Gasteiger partial charge in [-0.2, -0.15) is 5.10 Å². The molecule has 3 atom stereocenters. The van der Waals surface area contributed by atoms with Crippen LogP contribution in [0, 0.1) is 17.8 Å². The molecule has 2 aliphatic rings. The molecule has 2 aliphatic carbocycles. The molecule has 82 valence electrons. The number of nitrogens with one attached hydrogen (secondary N) is 1. The molecular formula is C12H19N3. The first kappa shape index (κ1) is 9.25. The molecule has 0 radical (unpaired) electrons. The minimum atomic E-state index is 0.920. The Kier molecular flexibility index (Phi) is 2.19. The van der Waals surface area contributed by atoms with Gasteiger partial charge in [-0.05, 0) is 37.0 Å². The van der Waals surface area contributed by atoms with Crippen molar-refractivity contribution in [3.8, 4) is 0 Å². The Bertz CT molecular complexity index is 344. The van der Waals surface area contributed by atoms with Crippen LogP contribution < -0.4 is 5.32 Å². The number of aryl methyl sites for hydroxylation is 1. The largest absolute Gasteiger partial charge is 0.382 e. The van der Waals surface area contributed by atoms with Gasteiger partial charge in [0.2, 0.25) is 0 Å². The lowest BCUT2D eigenvalue weighted by Crippen LogP contribution is -2.19. The van der Waals surface area contributed by atoms with Crippen molar-refractivity contribution < 1.29 is 0 Å². The first-order valence-electron chi connectivity index (χ1n) is 6.04. The summed E-state index contributed by atoms with van der Waals surface area (Å²) in [5.41, 5.74) is 1.17. The second-order valence-electron chi connectivity index (χ2n) is 5.22. The van der Waals surface area contributed by atoms with E-state index in [1.54, 1.807) is 0 Å². The maximum atomic E-state index is 4.16. The van der Waals surface area contributed by atoms with Crippen molar-refractivity contribution in [1.29, 1.82) is 0 Å². The molecule has 3 unspecified atom stereocenters. The zero-order valence-corrected chi connectivity index (χ0v) is 9.32. The van der Waals surface area contributed by atoms with Crippen LogP contribution in [0.1, 0.15) is 25.7 Å². The van der Waals surface area contributed by atoms with E-state index in [2.05, 4.69) is 10.4 Å². The smallest absolute Gasteiger partial charge is 0.0726 e. The number of rotatable bonds is 3. The van der Waals surface area contributed by atoms with E-state index in [0.29, 0.717) is 0 Å². The van der Waals surface area contributed by atoms with Gasteiger partial charge in [0.1, 0.15) is 0 Å². The average molecular weight is 205 g/mol. The topological polar surface area (TPSA) is 29.9 Å². The number of nitrogens with zero attached hydrogens (tertiary/aromatic N) is 2. The highest BCUT2D eigenvalue weighted by Gasteiger charge is 2.38. The van der Waals surface area contributed by atoms with Crippen LogP contribution in [-0.4, -0.2) is 16.3 Å². The maximum Gasteiger partial charge on any atom is 0.0726 e. The van der Waals surface area contributed by atoms with Crippen LogP contribution in [0.5, 0.6) is 0 Å². The van der Waals surface area contributed by atoms with Crippen molar-refractivity contribution in [2.75, 3.05) is 11.9 Å². The van der Waals surface area contributed by atoms with E-state index in [-0.39, 0.29) is 0 Å². The van der Waals surface area contributed by atoms with Crippen molar-refractivity contribution in [2.45, 2.75) is 25.7 Å². The van der Waals surface area contributed by atoms with Gasteiger partial charge >= 0.3 is 0 Å². The SMILES string of the molecule is Cn1cc(NCC2CC3CCC2C3)cn1. The van der Waals surface area contributed by atoms with Crippen LogP contribution in [0.15, 0.2) is 12.4 Å². The van der Waals surface area contributed by atoms with Crippen molar-refractivity contribution in [1.82, 2.24) is 9.78 Å². The van der Waals surface area contributed by atoms with Gasteiger partial charge in [-0.15, -0.1) is 0 Å². The number of hydrogen-bond acceptors (Lipinski definition) is 2. The van der Waals surface area contributed by atoms with Crippen LogP contribution in [-0.2, 0) is 7.05 Å². The Morgan fingerprint density at radius 1 is 1.47 bits per heavy atom. The first-order valence-corrected chi connectivity index (χ1v) is 6.04. The molecule has 1 aromatic rings. The fourth-order valence-electron chi connectivity index (χ4n) is 3.39. The molecule has 2 saturated carbocycles. The average Bonchev–Trinajstić information content (AvgIpc) is 2.90. The Labute approximate surface area is 90.9 Å². The van der Waals surface area contributed by atoms with Gasteiger partial charge in [0.05, 0.1) is 11.9 Å². The van der Waals surface area contributed by atoms with Crippen molar-refractivity contribution in [2.24, 2.45) is 24.8 Å². The first-order chi connectivity index (χ1) is 7.31. The van der Waals surface area contributed by atoms with Gasteiger partial charge in [-0.1, -0.05) is 6.42 Å². The van der Waals surface area contributed by atoms with Gasteiger partial charge in [0.25, 0.3) is 0 Å². The van der Waals surface area contributed by atoms with E-state index >= 15 is 0 Å². The Balaban J connectivity index is 1.54. The minimum Gasteiger partial charge on any atom is -0.382 e. The molecule has 2 fully saturated rings. The molecule has 0 spiro atoms. The number of anilines is 1. The van der Waals surface area contributed by atoms with Gasteiger partial charge in [0.15, 0.2) is 0 Å². The lowest BCUT2D eigenvalue weighted by atomic mass is 9.89. The summed E-state index contributed by atoms with van der Waals surface area (Å²) in [6.45, 7) is 1.15. The predicted octanol–water partition coefficient (Wildman–Crippen LogP) is 2.27. The Hall–Kier alpha value is -0.990. The molecule has 3 heteroatoms. The lowest BCUT2D eigenvalue weighted by Gasteiger charge is -2.21. The van der Waals surface area contributed by atoms with Gasteiger partial charge in [-0.25, -0.2) is 0 Å². The quantitative estimate of drug-likeness (QED) is 0.820. The third-order valence-electron chi connectivity index (χ3n) is 4.16. The fraction of sp³-hybridized carbons (Fsp3) is 0.750. The third-order valence-corrected chi connectivity index (χ3v) is 4.16. The summed E-state index contributed by atoms with van der Waals surface area (Å²) in [6, 6.07) is 0. The maximum absolute atomic E-state index is 4.16. The molecule has 1 heterocycles. The second kappa shape index (κ2) is 3.54. The summed E-state index contributed by atoms with van der Waals surface area (Å²) in [5, 5.41) is 7.67. The summed E-state index contributed by atoms with van der Waals surface area (Å²) in [7, 11) is 1.96. The van der Waals surface area contributed by atoms with Crippen LogP contribution in [0.2, 0.25) is 0 Å². The van der Waals surface area contributed by atoms with Crippen LogP contribution in [0.25, 0.3) is 0 Å². The highest BCUT2D eigenvalue weighted by molar-refractivity contribution is 5.38. The molecule has 15 heavy (non-hydrogen) atoms. The molecule has 0 saturated heterocycles. The summed E-state index contributed by atoms with van der Waals surface area (Å²) in [6.07, 6.45) is 9.88. The monoisotopic (exact) mass is 205 g/mol. The zero-order chi connectivity index (χ0) is 10.3. The minimum absolute atomic E-state index is 0.920. The fourth-order valence-corrected chi connectivity index (χ4v) is 3.39. The summed E-state index contributed by atoms with van der Waals surface area (Å²) < 4.78 is 1.85. The Morgan fingerprint density at radius 3 is 3.00 bits per heavy atom. The van der Waals surface area contributed by atoms with E-state index < -0.39 is 0 Å². The molecule has 0 aliphatic heterocycles. The second-order valence-corrected chi connectivity index (χ2v) is 5.22. The highest BCUT2D eigenvalue weighted by atomic mass is 15.3. The molecule has 0 amide bonds. The van der Waals surface area contributed by atoms with E-state index in [1.165, 1.54) is 31.4 Å². The lowest BCUT2D eigenvalue weighted by molar-refractivity contribution is 0.348. The summed E-state index contributed by atoms with van der Waals surface area (Å²) >= 11 is 0. The molecule has 3 rings (SSSR count). The predicted molar refractivity (Wildman–Crippen MR) is 60.6 cm³/mol. The van der Waals surface area contributed by atoms with E-state index in [9.17, 15) is 0 Å². The van der Waals surface area contributed by atoms with Crippen LogP contribution in [0.4, 0.5) is 5.69 Å². The van der Waals surface area contributed by atoms with Crippen molar-refractivity contribution in [3.05, 3.63) is 12.4 Å². The number of hydrogen-bond donors (Lipinski definition) is 1. The highest BCUT2D eigenvalue weighted by Crippen LogP contribution is 2.48. The van der Waals surface area contributed by atoms with Crippen molar-refractivity contribution >= 4 is 5.69 Å². The molecule has 2 bridgehead atoms. The van der Waals surface area contributed by atoms with Crippen LogP contribution in [0.3, 0.4) is 0 Å². The van der Waals surface area contributed by atoms with E-state index in [0.717, 1.165) is 24.3 Å². The molecular weight excluding hydrogens is 186 g/mol. The summed E-state index contributed by atoms with van der Waals surface area (Å²) in [4.78, 5) is 0. The third kappa shape index (κ3) is 1.75. The number of fused-ring (bicyclic) bond motifs is 2. The molecule has 1 aromatic heterocycles. The van der Waals surface area contributed by atoms with E-state index in [4.69, 9.17) is 0 Å². The van der Waals surface area contributed by atoms with E-state index in [1.807, 2.05) is 24.1 Å². The van der Waals surface area contributed by atoms with Gasteiger partial charge < -0.3 is 5.32 Å². The number of aromatic nitrogens is 2. The zero-order valence-electron chi connectivity index (χ0n) is 9.32. The van der Waals surface area contributed by atoms with Gasteiger partial charge in [0, 0.05) is 19.8 Å². The normalized spacial score (nSPS) is 33.5. The molecule has 0 aromatic carbocycles. The van der Waals surface area contributed by atoms with Crippen LogP contribution >= 0.6 is 0 Å². The van der Waals surface area contributed by atoms with Gasteiger partial charge in [-0.3, -0.25) is 4.68 Å². The molecule has 3 nitrogen and oxygen atoms in total. The summed E-state index contributed by atoms with van der Waals surface area (Å²) in [5.74, 6) is 2.99. The molecule has 1 N–H and O–H groups in total. The Morgan fingerprint density at radius 2 is 2.40 bits per heavy atom. The standard InChI is InChI=1S/C12H19N3/c1-15-8-12(7-14-15)13-6-11-5-9-2-3-10(11)4-9/h7-11,13H,2-6H2,1H3. The van der Waals surface area contributed by atoms with Crippen molar-refractivity contribution in [3.63, 3.8) is 0 Å².